The van der Waals surface area contributed by atoms with Crippen LogP contribution in [-0.4, -0.2) is 76.4 Å². The number of anilines is 1. The second-order valence-corrected chi connectivity index (χ2v) is 13.6. The first-order valence-corrected chi connectivity index (χ1v) is 16.4. The average molecular weight is 617 g/mol. The van der Waals surface area contributed by atoms with Crippen LogP contribution >= 0.6 is 0 Å². The molecule has 0 saturated carbocycles. The molecule has 0 unspecified atom stereocenters. The largest absolute Gasteiger partial charge is 0.461 e. The first kappa shape index (κ1) is 28.9. The SMILES string of the molecule is CC[C@@H]1CN2c3nc(OC[C@@]45CCCN4C[C@H](F)C5)nc4c(F)c(-c5cccc6ccc(F)c(C)c56)nc(c34)C[C@H](C)[C@H]2CN1. The minimum atomic E-state index is -0.882. The number of hydrogen-bond donors (Lipinski definition) is 1. The van der Waals surface area contributed by atoms with Gasteiger partial charge >= 0.3 is 6.01 Å². The van der Waals surface area contributed by atoms with Gasteiger partial charge in [-0.05, 0) is 67.5 Å². The first-order valence-electron chi connectivity index (χ1n) is 16.4. The van der Waals surface area contributed by atoms with Gasteiger partial charge in [-0.1, -0.05) is 38.1 Å². The number of pyridine rings is 1. The summed E-state index contributed by atoms with van der Waals surface area (Å²) in [6.45, 7) is 9.12. The van der Waals surface area contributed by atoms with E-state index < -0.39 is 12.0 Å². The molecule has 236 valence electrons. The van der Waals surface area contributed by atoms with Crippen molar-refractivity contribution in [3.8, 4) is 17.3 Å². The number of alkyl halides is 1. The smallest absolute Gasteiger partial charge is 0.319 e. The molecule has 10 heteroatoms. The van der Waals surface area contributed by atoms with Crippen LogP contribution in [0.2, 0.25) is 0 Å². The molecule has 0 spiro atoms. The summed E-state index contributed by atoms with van der Waals surface area (Å²) in [5, 5.41) is 5.75. The molecule has 0 bridgehead atoms. The van der Waals surface area contributed by atoms with Crippen molar-refractivity contribution >= 4 is 27.5 Å². The minimum absolute atomic E-state index is 0.100. The van der Waals surface area contributed by atoms with Gasteiger partial charge in [0, 0.05) is 43.7 Å². The zero-order valence-corrected chi connectivity index (χ0v) is 26.0. The zero-order valence-electron chi connectivity index (χ0n) is 26.0. The Bertz CT molecular complexity index is 1820. The van der Waals surface area contributed by atoms with Crippen LogP contribution in [0.15, 0.2) is 30.3 Å². The van der Waals surface area contributed by atoms with Crippen LogP contribution in [0, 0.1) is 24.5 Å². The molecule has 5 atom stereocenters. The number of ether oxygens (including phenoxy) is 1. The number of halogens is 3. The Hall–Kier alpha value is -3.50. The molecule has 2 aromatic carbocycles. The van der Waals surface area contributed by atoms with E-state index in [9.17, 15) is 8.78 Å². The fourth-order valence-corrected chi connectivity index (χ4v) is 8.49. The highest BCUT2D eigenvalue weighted by molar-refractivity contribution is 6.01. The second kappa shape index (κ2) is 10.8. The third kappa shape index (κ3) is 4.58. The van der Waals surface area contributed by atoms with Crippen LogP contribution < -0.4 is 15.0 Å². The average Bonchev–Trinajstić information content (AvgIpc) is 3.54. The predicted molar refractivity (Wildman–Crippen MR) is 170 cm³/mol. The topological polar surface area (TPSA) is 66.4 Å². The standard InChI is InChI=1S/C35H39F3N6O/c1-4-23-17-44-27(15-39-23)19(2)13-26-29-32(30(38)31(40-26)24-8-5-7-21-9-10-25(37)20(3)28(21)24)41-34(42-33(29)44)45-18-35-11-6-12-43(35)16-22(36)14-35/h5,7-10,19,22-23,27,39H,4,6,11-18H2,1-3H3/t19-,22+,23+,27+,35-/m0/s1. The first-order chi connectivity index (χ1) is 21.8. The molecule has 0 aliphatic carbocycles. The van der Waals surface area contributed by atoms with Crippen molar-refractivity contribution in [1.82, 2.24) is 25.2 Å². The fourth-order valence-electron chi connectivity index (χ4n) is 8.49. The van der Waals surface area contributed by atoms with E-state index in [2.05, 4.69) is 29.0 Å². The number of nitrogens with one attached hydrogen (secondary N) is 1. The quantitative estimate of drug-likeness (QED) is 0.289. The van der Waals surface area contributed by atoms with Gasteiger partial charge in [0.25, 0.3) is 0 Å². The maximum absolute atomic E-state index is 17.0. The van der Waals surface area contributed by atoms with Crippen molar-refractivity contribution in [3.05, 3.63) is 53.2 Å². The molecule has 3 fully saturated rings. The summed E-state index contributed by atoms with van der Waals surface area (Å²) in [6, 6.07) is 9.21. The van der Waals surface area contributed by atoms with E-state index in [0.717, 1.165) is 50.0 Å². The number of hydrogen-bond acceptors (Lipinski definition) is 7. The van der Waals surface area contributed by atoms with Gasteiger partial charge in [-0.15, -0.1) is 0 Å². The molecule has 6 heterocycles. The molecular weight excluding hydrogens is 577 g/mol. The van der Waals surface area contributed by atoms with Gasteiger partial charge in [-0.25, -0.2) is 18.2 Å². The summed E-state index contributed by atoms with van der Waals surface area (Å²) in [5.74, 6) is -0.0775. The Morgan fingerprint density at radius 1 is 1.09 bits per heavy atom. The molecule has 4 aromatic rings. The molecule has 2 aromatic heterocycles. The highest BCUT2D eigenvalue weighted by Gasteiger charge is 2.49. The highest BCUT2D eigenvalue weighted by atomic mass is 19.1. The third-order valence-corrected chi connectivity index (χ3v) is 10.9. The molecule has 0 amide bonds. The summed E-state index contributed by atoms with van der Waals surface area (Å²) in [7, 11) is 0. The molecule has 7 nitrogen and oxygen atoms in total. The van der Waals surface area contributed by atoms with Gasteiger partial charge in [0.15, 0.2) is 5.82 Å². The van der Waals surface area contributed by atoms with Crippen LogP contribution in [0.1, 0.15) is 50.8 Å². The lowest BCUT2D eigenvalue weighted by Gasteiger charge is -2.42. The lowest BCUT2D eigenvalue weighted by Crippen LogP contribution is -2.58. The molecule has 4 aliphatic heterocycles. The van der Waals surface area contributed by atoms with Gasteiger partial charge in [-0.3, -0.25) is 4.90 Å². The Morgan fingerprint density at radius 2 is 1.96 bits per heavy atom. The third-order valence-electron chi connectivity index (χ3n) is 10.9. The van der Waals surface area contributed by atoms with E-state index in [4.69, 9.17) is 19.7 Å². The Labute approximate surface area is 261 Å². The molecule has 8 rings (SSSR count). The highest BCUT2D eigenvalue weighted by Crippen LogP contribution is 2.43. The van der Waals surface area contributed by atoms with E-state index in [0.29, 0.717) is 47.1 Å². The van der Waals surface area contributed by atoms with Gasteiger partial charge < -0.3 is 15.0 Å². The van der Waals surface area contributed by atoms with Crippen molar-refractivity contribution in [2.45, 2.75) is 76.7 Å². The normalized spacial score (nSPS) is 28.0. The zero-order chi connectivity index (χ0) is 31.0. The second-order valence-electron chi connectivity index (χ2n) is 13.6. The maximum atomic E-state index is 17.0. The molecular formula is C35H39F3N6O. The van der Waals surface area contributed by atoms with E-state index in [1.807, 2.05) is 12.1 Å². The molecule has 1 N–H and O–H groups in total. The molecule has 4 aliphatic rings. The fraction of sp³-hybridized carbons (Fsp3) is 0.514. The van der Waals surface area contributed by atoms with Crippen LogP contribution in [0.25, 0.3) is 32.9 Å². The van der Waals surface area contributed by atoms with Crippen LogP contribution in [0.3, 0.4) is 0 Å². The van der Waals surface area contributed by atoms with Crippen molar-refractivity contribution < 1.29 is 17.9 Å². The van der Waals surface area contributed by atoms with Gasteiger partial charge in [0.2, 0.25) is 0 Å². The molecule has 0 radical (unpaired) electrons. The van der Waals surface area contributed by atoms with E-state index in [-0.39, 0.29) is 53.2 Å². The lowest BCUT2D eigenvalue weighted by molar-refractivity contribution is 0.107. The number of aromatic nitrogens is 3. The van der Waals surface area contributed by atoms with E-state index >= 15 is 4.39 Å². The van der Waals surface area contributed by atoms with Gasteiger partial charge in [-0.2, -0.15) is 9.97 Å². The van der Waals surface area contributed by atoms with Crippen LogP contribution in [0.4, 0.5) is 19.0 Å². The Kier molecular flexibility index (Phi) is 6.94. The van der Waals surface area contributed by atoms with Gasteiger partial charge in [0.05, 0.1) is 16.6 Å². The van der Waals surface area contributed by atoms with Crippen molar-refractivity contribution in [1.29, 1.82) is 0 Å². The number of rotatable bonds is 5. The van der Waals surface area contributed by atoms with Crippen molar-refractivity contribution in [2.75, 3.05) is 37.7 Å². The number of benzene rings is 2. The summed E-state index contributed by atoms with van der Waals surface area (Å²) in [5.41, 5.74) is 1.65. The van der Waals surface area contributed by atoms with Crippen LogP contribution in [-0.2, 0) is 6.42 Å². The van der Waals surface area contributed by atoms with Crippen molar-refractivity contribution in [2.24, 2.45) is 5.92 Å². The monoisotopic (exact) mass is 616 g/mol. The Balaban J connectivity index is 1.32. The van der Waals surface area contributed by atoms with Crippen molar-refractivity contribution in [3.63, 3.8) is 0 Å². The number of aryl methyl sites for hydroxylation is 1. The molecule has 45 heavy (non-hydrogen) atoms. The van der Waals surface area contributed by atoms with E-state index in [1.165, 1.54) is 6.07 Å². The van der Waals surface area contributed by atoms with Crippen LogP contribution in [0.5, 0.6) is 6.01 Å². The minimum Gasteiger partial charge on any atom is -0.461 e. The molecule has 3 saturated heterocycles. The maximum Gasteiger partial charge on any atom is 0.319 e. The number of fused-ring (bicyclic) bond motifs is 4. The predicted octanol–water partition coefficient (Wildman–Crippen LogP) is 6.14. The number of piperazine rings is 1. The summed E-state index contributed by atoms with van der Waals surface area (Å²) in [6.07, 6.45) is 2.96. The number of nitrogens with zero attached hydrogens (tertiary/aromatic N) is 5. The Morgan fingerprint density at radius 3 is 2.80 bits per heavy atom. The summed E-state index contributed by atoms with van der Waals surface area (Å²) in [4.78, 5) is 19.2. The summed E-state index contributed by atoms with van der Waals surface area (Å²) >= 11 is 0. The lowest BCUT2D eigenvalue weighted by atomic mass is 9.93. The van der Waals surface area contributed by atoms with Gasteiger partial charge in [0.1, 0.15) is 35.6 Å². The summed E-state index contributed by atoms with van der Waals surface area (Å²) < 4.78 is 52.7. The van der Waals surface area contributed by atoms with E-state index in [1.54, 1.807) is 19.1 Å².